The predicted octanol–water partition coefficient (Wildman–Crippen LogP) is 2.98. The van der Waals surface area contributed by atoms with E-state index in [4.69, 9.17) is 4.74 Å². The number of para-hydroxylation sites is 1. The number of carbonyl (C=O) groups excluding carboxylic acids is 2. The molecule has 1 atom stereocenters. The average Bonchev–Trinajstić information content (AvgIpc) is 3.31. The van der Waals surface area contributed by atoms with E-state index in [9.17, 15) is 9.59 Å². The fraction of sp³-hybridized carbons (Fsp3) is 0.176. The van der Waals surface area contributed by atoms with E-state index in [2.05, 4.69) is 10.3 Å². The molecule has 0 bridgehead atoms. The number of amides is 2. The number of rotatable bonds is 4. The molecule has 0 radical (unpaired) electrons. The number of aromatic nitrogens is 1. The third-order valence-electron chi connectivity index (χ3n) is 3.91. The third-order valence-corrected chi connectivity index (χ3v) is 4.80. The summed E-state index contributed by atoms with van der Waals surface area (Å²) in [7, 11) is 0. The Morgan fingerprint density at radius 3 is 3.00 bits per heavy atom. The van der Waals surface area contributed by atoms with Crippen LogP contribution in [0, 0.1) is 0 Å². The lowest BCUT2D eigenvalue weighted by Gasteiger charge is -2.10. The molecule has 4 rings (SSSR count). The van der Waals surface area contributed by atoms with Crippen LogP contribution in [0.3, 0.4) is 0 Å². The van der Waals surface area contributed by atoms with Crippen LogP contribution in [-0.4, -0.2) is 36.2 Å². The Labute approximate surface area is 142 Å². The van der Waals surface area contributed by atoms with Crippen molar-refractivity contribution in [2.24, 2.45) is 0 Å². The van der Waals surface area contributed by atoms with E-state index in [1.54, 1.807) is 4.90 Å². The number of nitrogens with zero attached hydrogens (tertiary/aromatic N) is 1. The zero-order valence-electron chi connectivity index (χ0n) is 12.7. The van der Waals surface area contributed by atoms with Gasteiger partial charge in [0.25, 0.3) is 5.91 Å². The lowest BCUT2D eigenvalue weighted by molar-refractivity contribution is 0.0912. The van der Waals surface area contributed by atoms with Crippen LogP contribution in [0.15, 0.2) is 47.8 Å². The summed E-state index contributed by atoms with van der Waals surface area (Å²) in [6.45, 7) is 0.716. The van der Waals surface area contributed by atoms with Crippen molar-refractivity contribution in [2.45, 2.75) is 6.10 Å². The van der Waals surface area contributed by atoms with Crippen molar-refractivity contribution < 1.29 is 14.3 Å². The van der Waals surface area contributed by atoms with Crippen LogP contribution >= 0.6 is 11.3 Å². The first-order chi connectivity index (χ1) is 11.7. The SMILES string of the molecule is O=C(NCC1CN(c2cccs2)C(=O)O1)c1cc2ccccc2[nH]1. The van der Waals surface area contributed by atoms with Crippen molar-refractivity contribution >= 4 is 39.2 Å². The summed E-state index contributed by atoms with van der Waals surface area (Å²) in [6.07, 6.45) is -0.727. The van der Waals surface area contributed by atoms with Crippen molar-refractivity contribution in [2.75, 3.05) is 18.0 Å². The zero-order valence-corrected chi connectivity index (χ0v) is 13.5. The van der Waals surface area contributed by atoms with Crippen LogP contribution < -0.4 is 10.2 Å². The largest absolute Gasteiger partial charge is 0.442 e. The van der Waals surface area contributed by atoms with Gasteiger partial charge in [-0.1, -0.05) is 18.2 Å². The first kappa shape index (κ1) is 14.8. The van der Waals surface area contributed by atoms with Gasteiger partial charge >= 0.3 is 6.09 Å². The highest BCUT2D eigenvalue weighted by atomic mass is 32.1. The van der Waals surface area contributed by atoms with Crippen molar-refractivity contribution in [3.8, 4) is 0 Å². The van der Waals surface area contributed by atoms with Crippen molar-refractivity contribution in [3.05, 3.63) is 53.5 Å². The number of cyclic esters (lactones) is 1. The molecule has 1 saturated heterocycles. The number of anilines is 1. The minimum absolute atomic E-state index is 0.211. The standard InChI is InChI=1S/C17H15N3O3S/c21-16(14-8-11-4-1-2-5-13(11)19-14)18-9-12-10-20(17(22)23-12)15-6-3-7-24-15/h1-8,12,19H,9-10H2,(H,18,21). The van der Waals surface area contributed by atoms with Gasteiger partial charge in [-0.05, 0) is 29.6 Å². The quantitative estimate of drug-likeness (QED) is 0.766. The van der Waals surface area contributed by atoms with Crippen LogP contribution in [0.1, 0.15) is 10.5 Å². The molecule has 1 aromatic carbocycles. The van der Waals surface area contributed by atoms with E-state index in [1.807, 2.05) is 47.8 Å². The van der Waals surface area contributed by atoms with Gasteiger partial charge in [0.1, 0.15) is 16.8 Å². The monoisotopic (exact) mass is 341 g/mol. The Kier molecular flexibility index (Phi) is 3.70. The minimum atomic E-state index is -0.373. The number of aromatic amines is 1. The van der Waals surface area contributed by atoms with E-state index >= 15 is 0 Å². The maximum absolute atomic E-state index is 12.3. The second-order valence-electron chi connectivity index (χ2n) is 5.55. The Morgan fingerprint density at radius 2 is 2.21 bits per heavy atom. The molecule has 3 aromatic rings. The smallest absolute Gasteiger partial charge is 0.415 e. The Morgan fingerprint density at radius 1 is 1.33 bits per heavy atom. The number of thiophene rings is 1. The van der Waals surface area contributed by atoms with Crippen LogP contribution in [0.25, 0.3) is 10.9 Å². The number of ether oxygens (including phenoxy) is 1. The lowest BCUT2D eigenvalue weighted by atomic mass is 10.2. The molecule has 6 nitrogen and oxygen atoms in total. The first-order valence-electron chi connectivity index (χ1n) is 7.58. The van der Waals surface area contributed by atoms with Crippen molar-refractivity contribution in [1.29, 1.82) is 0 Å². The molecule has 3 heterocycles. The molecule has 2 amide bonds. The number of hydrogen-bond acceptors (Lipinski definition) is 4. The summed E-state index contributed by atoms with van der Waals surface area (Å²) in [4.78, 5) is 28.8. The van der Waals surface area contributed by atoms with Gasteiger partial charge in [-0.25, -0.2) is 4.79 Å². The summed E-state index contributed by atoms with van der Waals surface area (Å²) in [5.74, 6) is -0.211. The molecular formula is C17H15N3O3S. The summed E-state index contributed by atoms with van der Waals surface area (Å²) < 4.78 is 5.31. The number of hydrogen-bond donors (Lipinski definition) is 2. The molecule has 24 heavy (non-hydrogen) atoms. The summed E-state index contributed by atoms with van der Waals surface area (Å²) in [5, 5.41) is 6.56. The second kappa shape index (κ2) is 6.01. The number of benzene rings is 1. The molecule has 0 spiro atoms. The number of carbonyl (C=O) groups is 2. The number of fused-ring (bicyclic) bond motifs is 1. The number of H-pyrrole nitrogens is 1. The van der Waals surface area contributed by atoms with Gasteiger partial charge < -0.3 is 15.0 Å². The highest BCUT2D eigenvalue weighted by Gasteiger charge is 2.33. The Bertz CT molecular complexity index is 855. The Balaban J connectivity index is 1.38. The van der Waals surface area contributed by atoms with Crippen LogP contribution in [0.5, 0.6) is 0 Å². The molecule has 1 unspecified atom stereocenters. The molecule has 0 aliphatic carbocycles. The first-order valence-corrected chi connectivity index (χ1v) is 8.46. The molecule has 2 aromatic heterocycles. The van der Waals surface area contributed by atoms with E-state index in [0.717, 1.165) is 15.9 Å². The zero-order chi connectivity index (χ0) is 16.5. The van der Waals surface area contributed by atoms with Gasteiger partial charge in [-0.15, -0.1) is 11.3 Å². The molecule has 1 fully saturated rings. The molecular weight excluding hydrogens is 326 g/mol. The average molecular weight is 341 g/mol. The van der Waals surface area contributed by atoms with Gasteiger partial charge in [-0.2, -0.15) is 0 Å². The maximum atomic E-state index is 12.3. The van der Waals surface area contributed by atoms with Crippen LogP contribution in [0.2, 0.25) is 0 Å². The molecule has 0 saturated carbocycles. The van der Waals surface area contributed by atoms with E-state index in [1.165, 1.54) is 11.3 Å². The molecule has 7 heteroatoms. The molecule has 1 aliphatic rings. The normalized spacial score (nSPS) is 17.2. The maximum Gasteiger partial charge on any atom is 0.415 e. The van der Waals surface area contributed by atoms with Gasteiger partial charge in [0.05, 0.1) is 13.1 Å². The fourth-order valence-electron chi connectivity index (χ4n) is 2.73. The molecule has 1 aliphatic heterocycles. The van der Waals surface area contributed by atoms with Gasteiger partial charge in [0, 0.05) is 10.9 Å². The van der Waals surface area contributed by atoms with Crippen molar-refractivity contribution in [3.63, 3.8) is 0 Å². The van der Waals surface area contributed by atoms with Crippen molar-refractivity contribution in [1.82, 2.24) is 10.3 Å². The predicted molar refractivity (Wildman–Crippen MR) is 92.6 cm³/mol. The van der Waals surface area contributed by atoms with Crippen LogP contribution in [0.4, 0.5) is 9.80 Å². The molecule has 2 N–H and O–H groups in total. The summed E-state index contributed by atoms with van der Waals surface area (Å²) in [5.41, 5.74) is 1.41. The van der Waals surface area contributed by atoms with Crippen LogP contribution in [-0.2, 0) is 4.74 Å². The third kappa shape index (κ3) is 2.74. The fourth-order valence-corrected chi connectivity index (χ4v) is 3.46. The lowest BCUT2D eigenvalue weighted by Crippen LogP contribution is -2.34. The van der Waals surface area contributed by atoms with E-state index in [-0.39, 0.29) is 24.6 Å². The highest BCUT2D eigenvalue weighted by Crippen LogP contribution is 2.26. The highest BCUT2D eigenvalue weighted by molar-refractivity contribution is 7.14. The number of nitrogens with one attached hydrogen (secondary N) is 2. The van der Waals surface area contributed by atoms with E-state index < -0.39 is 0 Å². The molecule has 122 valence electrons. The Hall–Kier alpha value is -2.80. The summed E-state index contributed by atoms with van der Waals surface area (Å²) >= 11 is 1.48. The van der Waals surface area contributed by atoms with Gasteiger partial charge in [0.15, 0.2) is 0 Å². The second-order valence-corrected chi connectivity index (χ2v) is 6.47. The summed E-state index contributed by atoms with van der Waals surface area (Å²) in [6, 6.07) is 13.3. The topological polar surface area (TPSA) is 74.4 Å². The minimum Gasteiger partial charge on any atom is -0.442 e. The van der Waals surface area contributed by atoms with Gasteiger partial charge in [0.2, 0.25) is 0 Å². The van der Waals surface area contributed by atoms with E-state index in [0.29, 0.717) is 12.2 Å². The van der Waals surface area contributed by atoms with Gasteiger partial charge in [-0.3, -0.25) is 9.69 Å².